The zero-order valence-corrected chi connectivity index (χ0v) is 19.5. The number of nitrogens with zero attached hydrogens (tertiary/aromatic N) is 2. The Morgan fingerprint density at radius 2 is 1.59 bits per heavy atom. The molecule has 32 heavy (non-hydrogen) atoms. The maximum Gasteiger partial charge on any atom is 0.254 e. The van der Waals surface area contributed by atoms with Crippen molar-refractivity contribution in [3.05, 3.63) is 60.2 Å². The Labute approximate surface area is 196 Å². The van der Waals surface area contributed by atoms with E-state index in [0.717, 1.165) is 46.5 Å². The highest BCUT2D eigenvalue weighted by atomic mass is 35.5. The summed E-state index contributed by atoms with van der Waals surface area (Å²) in [5.41, 5.74) is 4.02. The summed E-state index contributed by atoms with van der Waals surface area (Å²) < 4.78 is 2.17. The summed E-state index contributed by atoms with van der Waals surface area (Å²) in [5.74, 6) is 1.02. The average Bonchev–Trinajstić information content (AvgIpc) is 3.51. The van der Waals surface area contributed by atoms with Gasteiger partial charge in [0.25, 0.3) is 5.91 Å². The van der Waals surface area contributed by atoms with Gasteiger partial charge in [0.2, 0.25) is 0 Å². The molecule has 2 aromatic carbocycles. The molecule has 6 rings (SSSR count). The zero-order chi connectivity index (χ0) is 20.9. The molecule has 3 aliphatic rings. The largest absolute Gasteiger partial charge is 0.349 e. The van der Waals surface area contributed by atoms with E-state index in [1.807, 2.05) is 30.3 Å². The topological polar surface area (TPSA) is 37.3 Å². The van der Waals surface area contributed by atoms with Crippen molar-refractivity contribution in [2.45, 2.75) is 56.7 Å². The minimum atomic E-state index is 0. The number of hydrogen-bond acceptors (Lipinski definition) is 2. The van der Waals surface area contributed by atoms with E-state index in [4.69, 9.17) is 0 Å². The molecule has 2 atom stereocenters. The standard InChI is InChI=1S/C27H31N3O.ClH/c1-29-24-10-6-5-9-23(24)25(26(29)19-7-3-2-4-8-19)27(31)28-20-15-21-13-14-22(16-20)30(21)17-18-11-12-18;/h2-10,18,20-22H,11-17H2,1H3,(H,28,31);1H. The summed E-state index contributed by atoms with van der Waals surface area (Å²) in [6, 6.07) is 20.2. The highest BCUT2D eigenvalue weighted by Gasteiger charge is 2.43. The first-order chi connectivity index (χ1) is 15.2. The van der Waals surface area contributed by atoms with Gasteiger partial charge in [-0.2, -0.15) is 0 Å². The fourth-order valence-electron chi connectivity index (χ4n) is 6.10. The third kappa shape index (κ3) is 3.74. The first-order valence-electron chi connectivity index (χ1n) is 11.9. The van der Waals surface area contributed by atoms with E-state index in [9.17, 15) is 4.79 Å². The molecule has 3 fully saturated rings. The van der Waals surface area contributed by atoms with Crippen LogP contribution < -0.4 is 5.32 Å². The number of nitrogens with one attached hydrogen (secondary N) is 1. The van der Waals surface area contributed by atoms with E-state index in [2.05, 4.69) is 46.1 Å². The summed E-state index contributed by atoms with van der Waals surface area (Å²) in [7, 11) is 2.07. The number of aryl methyl sites for hydroxylation is 1. The molecular weight excluding hydrogens is 418 g/mol. The van der Waals surface area contributed by atoms with Crippen LogP contribution in [0.4, 0.5) is 0 Å². The van der Waals surface area contributed by atoms with Crippen LogP contribution in [0.15, 0.2) is 54.6 Å². The minimum absolute atomic E-state index is 0. The van der Waals surface area contributed by atoms with Crippen LogP contribution >= 0.6 is 12.4 Å². The summed E-state index contributed by atoms with van der Waals surface area (Å²) in [5, 5.41) is 4.50. The second-order valence-corrected chi connectivity index (χ2v) is 9.83. The first-order valence-corrected chi connectivity index (χ1v) is 11.9. The number of carbonyl (C=O) groups is 1. The summed E-state index contributed by atoms with van der Waals surface area (Å²) in [6.07, 6.45) is 7.63. The Morgan fingerprint density at radius 1 is 0.938 bits per heavy atom. The molecule has 0 radical (unpaired) electrons. The monoisotopic (exact) mass is 449 g/mol. The Hall–Kier alpha value is -2.30. The SMILES string of the molecule is Cl.Cn1c(-c2ccccc2)c(C(=O)NC2CC3CCC(C2)N3CC2CC2)c2ccccc21. The molecule has 2 aliphatic heterocycles. The van der Waals surface area contributed by atoms with Gasteiger partial charge in [-0.25, -0.2) is 0 Å². The Bertz CT molecular complexity index is 1110. The van der Waals surface area contributed by atoms with E-state index >= 15 is 0 Å². The smallest absolute Gasteiger partial charge is 0.254 e. The number of piperidine rings is 1. The number of halogens is 1. The molecule has 168 valence electrons. The predicted molar refractivity (Wildman–Crippen MR) is 132 cm³/mol. The zero-order valence-electron chi connectivity index (χ0n) is 18.7. The van der Waals surface area contributed by atoms with E-state index < -0.39 is 0 Å². The molecule has 0 spiro atoms. The number of rotatable bonds is 5. The molecule has 2 saturated heterocycles. The van der Waals surface area contributed by atoms with Gasteiger partial charge in [0.15, 0.2) is 0 Å². The lowest BCUT2D eigenvalue weighted by molar-refractivity contribution is 0.0836. The molecule has 1 aliphatic carbocycles. The van der Waals surface area contributed by atoms with Crippen LogP contribution in [0.1, 0.15) is 48.9 Å². The molecule has 2 unspecified atom stereocenters. The van der Waals surface area contributed by atoms with Crippen LogP contribution in [-0.2, 0) is 7.05 Å². The van der Waals surface area contributed by atoms with Gasteiger partial charge >= 0.3 is 0 Å². The predicted octanol–water partition coefficient (Wildman–Crippen LogP) is 5.40. The van der Waals surface area contributed by atoms with Gasteiger partial charge in [-0.1, -0.05) is 48.5 Å². The molecule has 1 N–H and O–H groups in total. The molecule has 3 aromatic rings. The van der Waals surface area contributed by atoms with Crippen molar-refractivity contribution in [3.8, 4) is 11.3 Å². The Morgan fingerprint density at radius 3 is 2.28 bits per heavy atom. The van der Waals surface area contributed by atoms with Gasteiger partial charge in [-0.05, 0) is 56.1 Å². The molecule has 1 saturated carbocycles. The number of fused-ring (bicyclic) bond motifs is 3. The number of carbonyl (C=O) groups excluding carboxylic acids is 1. The van der Waals surface area contributed by atoms with E-state index in [1.54, 1.807) is 0 Å². The molecule has 1 aromatic heterocycles. The number of aromatic nitrogens is 1. The molecule has 5 heteroatoms. The number of para-hydroxylation sites is 1. The molecule has 3 heterocycles. The summed E-state index contributed by atoms with van der Waals surface area (Å²) in [6.45, 7) is 1.29. The van der Waals surface area contributed by atoms with E-state index in [-0.39, 0.29) is 24.4 Å². The molecule has 2 bridgehead atoms. The van der Waals surface area contributed by atoms with Gasteiger partial charge in [0.05, 0.1) is 11.3 Å². The van der Waals surface area contributed by atoms with Gasteiger partial charge in [0, 0.05) is 42.6 Å². The van der Waals surface area contributed by atoms with E-state index in [1.165, 1.54) is 32.2 Å². The van der Waals surface area contributed by atoms with Crippen LogP contribution in [0.5, 0.6) is 0 Å². The van der Waals surface area contributed by atoms with Crippen molar-refractivity contribution in [3.63, 3.8) is 0 Å². The third-order valence-electron chi connectivity index (χ3n) is 7.77. The van der Waals surface area contributed by atoms with Gasteiger partial charge in [-0.15, -0.1) is 12.4 Å². The first kappa shape index (κ1) is 21.5. The highest BCUT2D eigenvalue weighted by Crippen LogP contribution is 2.40. The van der Waals surface area contributed by atoms with Crippen molar-refractivity contribution >= 4 is 29.2 Å². The van der Waals surface area contributed by atoms with Crippen molar-refractivity contribution in [1.82, 2.24) is 14.8 Å². The lowest BCUT2D eigenvalue weighted by atomic mass is 9.96. The lowest BCUT2D eigenvalue weighted by Crippen LogP contribution is -2.50. The fraction of sp³-hybridized carbons (Fsp3) is 0.444. The summed E-state index contributed by atoms with van der Waals surface area (Å²) >= 11 is 0. The van der Waals surface area contributed by atoms with Crippen LogP contribution in [0.2, 0.25) is 0 Å². The number of amides is 1. The van der Waals surface area contributed by atoms with Gasteiger partial charge in [0.1, 0.15) is 0 Å². The Kier molecular flexibility index (Phi) is 5.77. The second-order valence-electron chi connectivity index (χ2n) is 9.83. The van der Waals surface area contributed by atoms with Crippen LogP contribution in [0.3, 0.4) is 0 Å². The van der Waals surface area contributed by atoms with Crippen LogP contribution in [0, 0.1) is 5.92 Å². The molecular formula is C27H32ClN3O. The van der Waals surface area contributed by atoms with Gasteiger partial charge < -0.3 is 9.88 Å². The summed E-state index contributed by atoms with van der Waals surface area (Å²) in [4.78, 5) is 16.5. The third-order valence-corrected chi connectivity index (χ3v) is 7.77. The van der Waals surface area contributed by atoms with Gasteiger partial charge in [-0.3, -0.25) is 9.69 Å². The highest BCUT2D eigenvalue weighted by molar-refractivity contribution is 6.12. The second kappa shape index (κ2) is 8.57. The normalized spacial score (nSPS) is 25.0. The maximum absolute atomic E-state index is 13.7. The van der Waals surface area contributed by atoms with Crippen molar-refractivity contribution in [2.75, 3.05) is 6.54 Å². The van der Waals surface area contributed by atoms with Crippen LogP contribution in [-0.4, -0.2) is 40.0 Å². The maximum atomic E-state index is 13.7. The average molecular weight is 450 g/mol. The van der Waals surface area contributed by atoms with Crippen molar-refractivity contribution in [1.29, 1.82) is 0 Å². The quantitative estimate of drug-likeness (QED) is 0.566. The number of hydrogen-bond donors (Lipinski definition) is 1. The van der Waals surface area contributed by atoms with Crippen molar-refractivity contribution < 1.29 is 4.79 Å². The van der Waals surface area contributed by atoms with Crippen molar-refractivity contribution in [2.24, 2.45) is 13.0 Å². The Balaban J connectivity index is 0.00000216. The van der Waals surface area contributed by atoms with E-state index in [0.29, 0.717) is 12.1 Å². The van der Waals surface area contributed by atoms with Crippen LogP contribution in [0.25, 0.3) is 22.2 Å². The number of benzene rings is 2. The minimum Gasteiger partial charge on any atom is -0.349 e. The lowest BCUT2D eigenvalue weighted by Gasteiger charge is -2.39. The molecule has 1 amide bonds. The fourth-order valence-corrected chi connectivity index (χ4v) is 6.10. The molecule has 4 nitrogen and oxygen atoms in total.